The Labute approximate surface area is 157 Å². The SMILES string of the molecule is O=C(CCn1c(=O)oc2ccccc21)N1CCC(C(=O)N2CCCC2)CC1. The van der Waals surface area contributed by atoms with Gasteiger partial charge in [0.25, 0.3) is 0 Å². The number of aromatic nitrogens is 1. The van der Waals surface area contributed by atoms with Crippen molar-refractivity contribution in [2.75, 3.05) is 26.2 Å². The number of fused-ring (bicyclic) bond motifs is 1. The summed E-state index contributed by atoms with van der Waals surface area (Å²) >= 11 is 0. The van der Waals surface area contributed by atoms with Crippen LogP contribution in [0.5, 0.6) is 0 Å². The monoisotopic (exact) mass is 371 g/mol. The fourth-order valence-corrected chi connectivity index (χ4v) is 4.16. The molecule has 2 aliphatic rings. The summed E-state index contributed by atoms with van der Waals surface area (Å²) in [5.74, 6) is -0.0956. The third-order valence-corrected chi connectivity index (χ3v) is 5.74. The van der Waals surface area contributed by atoms with Gasteiger partial charge in [-0.15, -0.1) is 0 Å². The second-order valence-corrected chi connectivity index (χ2v) is 7.42. The van der Waals surface area contributed by atoms with Crippen LogP contribution in [0.1, 0.15) is 32.1 Å². The van der Waals surface area contributed by atoms with Crippen molar-refractivity contribution in [3.63, 3.8) is 0 Å². The summed E-state index contributed by atoms with van der Waals surface area (Å²) in [7, 11) is 0. The molecule has 0 unspecified atom stereocenters. The molecule has 0 N–H and O–H groups in total. The van der Waals surface area contributed by atoms with Crippen molar-refractivity contribution < 1.29 is 14.0 Å². The molecule has 0 spiro atoms. The Balaban J connectivity index is 1.31. The maximum atomic E-state index is 12.6. The minimum atomic E-state index is -0.432. The molecule has 3 heterocycles. The summed E-state index contributed by atoms with van der Waals surface area (Å²) in [6.07, 6.45) is 3.93. The Morgan fingerprint density at radius 1 is 1.00 bits per heavy atom. The van der Waals surface area contributed by atoms with E-state index >= 15 is 0 Å². The predicted molar refractivity (Wildman–Crippen MR) is 100 cm³/mol. The molecule has 2 fully saturated rings. The Morgan fingerprint density at radius 3 is 2.44 bits per heavy atom. The van der Waals surface area contributed by atoms with Crippen molar-refractivity contribution in [1.29, 1.82) is 0 Å². The normalized spacial score (nSPS) is 18.4. The van der Waals surface area contributed by atoms with Gasteiger partial charge in [0.2, 0.25) is 11.8 Å². The van der Waals surface area contributed by atoms with Gasteiger partial charge in [-0.05, 0) is 37.8 Å². The van der Waals surface area contributed by atoms with Gasteiger partial charge in [0, 0.05) is 45.1 Å². The Kier molecular flexibility index (Phi) is 5.01. The molecule has 7 nitrogen and oxygen atoms in total. The molecule has 0 bridgehead atoms. The van der Waals surface area contributed by atoms with Crippen LogP contribution in [0, 0.1) is 5.92 Å². The van der Waals surface area contributed by atoms with E-state index in [-0.39, 0.29) is 24.2 Å². The van der Waals surface area contributed by atoms with Crippen LogP contribution >= 0.6 is 0 Å². The first kappa shape index (κ1) is 17.8. The fourth-order valence-electron chi connectivity index (χ4n) is 4.16. The number of hydrogen-bond acceptors (Lipinski definition) is 4. The van der Waals surface area contributed by atoms with Crippen LogP contribution in [0.25, 0.3) is 11.1 Å². The van der Waals surface area contributed by atoms with Crippen molar-refractivity contribution in [1.82, 2.24) is 14.4 Å². The van der Waals surface area contributed by atoms with E-state index < -0.39 is 5.76 Å². The van der Waals surface area contributed by atoms with Gasteiger partial charge in [0.05, 0.1) is 5.52 Å². The number of piperidine rings is 1. The zero-order chi connectivity index (χ0) is 18.8. The number of oxazole rings is 1. The summed E-state index contributed by atoms with van der Waals surface area (Å²) in [5.41, 5.74) is 1.25. The number of rotatable bonds is 4. The third kappa shape index (κ3) is 3.63. The second kappa shape index (κ2) is 7.58. The van der Waals surface area contributed by atoms with Crippen molar-refractivity contribution in [2.45, 2.75) is 38.6 Å². The molecular formula is C20H25N3O4. The second-order valence-electron chi connectivity index (χ2n) is 7.42. The summed E-state index contributed by atoms with van der Waals surface area (Å²) in [5, 5.41) is 0. The number of para-hydroxylation sites is 2. The molecule has 2 amide bonds. The highest BCUT2D eigenvalue weighted by Crippen LogP contribution is 2.22. The fraction of sp³-hybridized carbons (Fsp3) is 0.550. The van der Waals surface area contributed by atoms with E-state index in [1.54, 1.807) is 6.07 Å². The number of likely N-dealkylation sites (tertiary alicyclic amines) is 2. The first-order valence-electron chi connectivity index (χ1n) is 9.78. The molecule has 1 aromatic carbocycles. The van der Waals surface area contributed by atoms with Gasteiger partial charge in [0.1, 0.15) is 0 Å². The largest absolute Gasteiger partial charge is 0.419 e. The van der Waals surface area contributed by atoms with E-state index in [2.05, 4.69) is 0 Å². The Bertz CT molecular complexity index is 886. The number of benzene rings is 1. The maximum absolute atomic E-state index is 12.6. The zero-order valence-electron chi connectivity index (χ0n) is 15.4. The molecule has 0 saturated carbocycles. The quantitative estimate of drug-likeness (QED) is 0.822. The van der Waals surface area contributed by atoms with Crippen LogP contribution < -0.4 is 5.76 Å². The molecule has 7 heteroatoms. The predicted octanol–water partition coefficient (Wildman–Crippen LogP) is 1.85. The van der Waals surface area contributed by atoms with Gasteiger partial charge in [-0.2, -0.15) is 0 Å². The van der Waals surface area contributed by atoms with Gasteiger partial charge in [-0.3, -0.25) is 14.2 Å². The Hall–Kier alpha value is -2.57. The maximum Gasteiger partial charge on any atom is 0.419 e. The van der Waals surface area contributed by atoms with Gasteiger partial charge in [0.15, 0.2) is 5.58 Å². The third-order valence-electron chi connectivity index (χ3n) is 5.74. The van der Waals surface area contributed by atoms with Crippen LogP contribution in [0.4, 0.5) is 0 Å². The first-order valence-corrected chi connectivity index (χ1v) is 9.78. The van der Waals surface area contributed by atoms with E-state index in [4.69, 9.17) is 4.42 Å². The van der Waals surface area contributed by atoms with Crippen LogP contribution in [-0.4, -0.2) is 52.4 Å². The highest BCUT2D eigenvalue weighted by atomic mass is 16.4. The molecule has 0 aliphatic carbocycles. The van der Waals surface area contributed by atoms with Gasteiger partial charge >= 0.3 is 5.76 Å². The van der Waals surface area contributed by atoms with Crippen molar-refractivity contribution >= 4 is 22.9 Å². The van der Waals surface area contributed by atoms with E-state index in [0.29, 0.717) is 30.7 Å². The number of nitrogens with zero attached hydrogens (tertiary/aromatic N) is 3. The lowest BCUT2D eigenvalue weighted by Crippen LogP contribution is -2.44. The van der Waals surface area contributed by atoms with Crippen molar-refractivity contribution in [2.24, 2.45) is 5.92 Å². The molecule has 2 aromatic rings. The molecule has 144 valence electrons. The van der Waals surface area contributed by atoms with Crippen molar-refractivity contribution in [3.05, 3.63) is 34.8 Å². The van der Waals surface area contributed by atoms with Crippen LogP contribution in [0.3, 0.4) is 0 Å². The molecule has 1 aromatic heterocycles. The molecular weight excluding hydrogens is 346 g/mol. The summed E-state index contributed by atoms with van der Waals surface area (Å²) in [4.78, 5) is 40.8. The lowest BCUT2D eigenvalue weighted by molar-refractivity contribution is -0.140. The lowest BCUT2D eigenvalue weighted by Gasteiger charge is -2.33. The Morgan fingerprint density at radius 2 is 1.70 bits per heavy atom. The standard InChI is InChI=1S/C20H25N3O4/c24-18(9-14-23-16-5-1-2-6-17(16)27-20(23)26)21-12-7-15(8-13-21)19(25)22-10-3-4-11-22/h1-2,5-6,15H,3-4,7-14H2. The molecule has 0 radical (unpaired) electrons. The molecule has 2 aliphatic heterocycles. The minimum absolute atomic E-state index is 0.0271. The summed E-state index contributed by atoms with van der Waals surface area (Å²) in [6.45, 7) is 3.30. The minimum Gasteiger partial charge on any atom is -0.408 e. The summed E-state index contributed by atoms with van der Waals surface area (Å²) in [6, 6.07) is 7.23. The number of hydrogen-bond donors (Lipinski definition) is 0. The van der Waals surface area contributed by atoms with Gasteiger partial charge in [-0.25, -0.2) is 4.79 Å². The van der Waals surface area contributed by atoms with E-state index in [1.165, 1.54) is 4.57 Å². The van der Waals surface area contributed by atoms with E-state index in [0.717, 1.165) is 38.8 Å². The van der Waals surface area contributed by atoms with Gasteiger partial charge in [-0.1, -0.05) is 12.1 Å². The first-order chi connectivity index (χ1) is 13.1. The number of carbonyl (C=O) groups is 2. The van der Waals surface area contributed by atoms with Gasteiger partial charge < -0.3 is 14.2 Å². The van der Waals surface area contributed by atoms with E-state index in [9.17, 15) is 14.4 Å². The zero-order valence-corrected chi connectivity index (χ0v) is 15.4. The highest BCUT2D eigenvalue weighted by molar-refractivity contribution is 5.80. The molecule has 4 rings (SSSR count). The molecule has 27 heavy (non-hydrogen) atoms. The van der Waals surface area contributed by atoms with Crippen LogP contribution in [0.2, 0.25) is 0 Å². The molecule has 2 saturated heterocycles. The molecule has 0 atom stereocenters. The summed E-state index contributed by atoms with van der Waals surface area (Å²) < 4.78 is 6.72. The number of aryl methyl sites for hydroxylation is 1. The van der Waals surface area contributed by atoms with E-state index in [1.807, 2.05) is 28.0 Å². The topological polar surface area (TPSA) is 75.8 Å². The lowest BCUT2D eigenvalue weighted by atomic mass is 9.95. The van der Waals surface area contributed by atoms with Crippen LogP contribution in [0.15, 0.2) is 33.5 Å². The van der Waals surface area contributed by atoms with Crippen molar-refractivity contribution in [3.8, 4) is 0 Å². The smallest absolute Gasteiger partial charge is 0.408 e. The highest BCUT2D eigenvalue weighted by Gasteiger charge is 2.31. The average molecular weight is 371 g/mol. The number of amides is 2. The number of carbonyl (C=O) groups excluding carboxylic acids is 2. The van der Waals surface area contributed by atoms with Crippen LogP contribution in [-0.2, 0) is 16.1 Å². The average Bonchev–Trinajstić information content (AvgIpc) is 3.33.